The normalized spacial score (nSPS) is 12.8. The van der Waals surface area contributed by atoms with Crippen molar-refractivity contribution in [3.05, 3.63) is 108 Å². The molecule has 0 saturated carbocycles. The first kappa shape index (κ1) is 24.4. The van der Waals surface area contributed by atoms with Crippen molar-refractivity contribution in [1.82, 2.24) is 4.90 Å². The van der Waals surface area contributed by atoms with Gasteiger partial charge in [0.2, 0.25) is 0 Å². The van der Waals surface area contributed by atoms with Gasteiger partial charge in [-0.25, -0.2) is 0 Å². The standard InChI is InChI=1S/C29H33NO3/c1-23(22-33-24(2)31)18-29(32)28(19-25-12-6-3-7-13-25)30(20-26-14-8-4-9-15-26)21-27-16-10-5-11-17-27/h3-17,23,28H,18-22H2,1-2H3/t23-,28?/m1/s1. The molecular formula is C29H33NO3. The van der Waals surface area contributed by atoms with Gasteiger partial charge < -0.3 is 4.74 Å². The van der Waals surface area contributed by atoms with Crippen LogP contribution in [-0.4, -0.2) is 29.3 Å². The molecule has 0 aromatic heterocycles. The van der Waals surface area contributed by atoms with Crippen LogP contribution in [0.2, 0.25) is 0 Å². The maximum absolute atomic E-state index is 13.6. The summed E-state index contributed by atoms with van der Waals surface area (Å²) in [6.07, 6.45) is 1.00. The fraction of sp³-hybridized carbons (Fsp3) is 0.310. The number of carbonyl (C=O) groups excluding carboxylic acids is 2. The number of hydrogen-bond donors (Lipinski definition) is 0. The Morgan fingerprint density at radius 1 is 0.758 bits per heavy atom. The lowest BCUT2D eigenvalue weighted by molar-refractivity contribution is -0.143. The van der Waals surface area contributed by atoms with E-state index in [2.05, 4.69) is 41.3 Å². The van der Waals surface area contributed by atoms with Crippen LogP contribution in [0.25, 0.3) is 0 Å². The molecule has 0 radical (unpaired) electrons. The summed E-state index contributed by atoms with van der Waals surface area (Å²) < 4.78 is 5.15. The van der Waals surface area contributed by atoms with Crippen LogP contribution in [0.5, 0.6) is 0 Å². The van der Waals surface area contributed by atoms with Crippen LogP contribution in [0.4, 0.5) is 0 Å². The molecule has 0 bridgehead atoms. The number of hydrogen-bond acceptors (Lipinski definition) is 4. The second-order valence-corrected chi connectivity index (χ2v) is 8.66. The lowest BCUT2D eigenvalue weighted by Gasteiger charge is -2.32. The lowest BCUT2D eigenvalue weighted by atomic mass is 9.94. The van der Waals surface area contributed by atoms with Crippen LogP contribution in [0.15, 0.2) is 91.0 Å². The predicted octanol–water partition coefficient (Wildman–Crippen LogP) is 5.46. The maximum Gasteiger partial charge on any atom is 0.302 e. The van der Waals surface area contributed by atoms with Gasteiger partial charge in [0, 0.05) is 26.4 Å². The molecule has 0 aliphatic carbocycles. The predicted molar refractivity (Wildman–Crippen MR) is 131 cm³/mol. The number of rotatable bonds is 12. The zero-order valence-electron chi connectivity index (χ0n) is 19.5. The Kier molecular flexibility index (Phi) is 9.40. The molecule has 0 amide bonds. The van der Waals surface area contributed by atoms with E-state index < -0.39 is 0 Å². The summed E-state index contributed by atoms with van der Waals surface area (Å²) in [5.41, 5.74) is 3.48. The summed E-state index contributed by atoms with van der Waals surface area (Å²) >= 11 is 0. The first-order chi connectivity index (χ1) is 16.0. The Morgan fingerprint density at radius 2 is 1.21 bits per heavy atom. The highest BCUT2D eigenvalue weighted by atomic mass is 16.5. The number of benzene rings is 3. The van der Waals surface area contributed by atoms with E-state index in [1.165, 1.54) is 18.1 Å². The average Bonchev–Trinajstić information content (AvgIpc) is 2.83. The first-order valence-electron chi connectivity index (χ1n) is 11.5. The monoisotopic (exact) mass is 443 g/mol. The molecule has 1 unspecified atom stereocenters. The molecule has 4 heteroatoms. The van der Waals surface area contributed by atoms with Gasteiger partial charge in [0.25, 0.3) is 0 Å². The van der Waals surface area contributed by atoms with Crippen molar-refractivity contribution < 1.29 is 14.3 Å². The van der Waals surface area contributed by atoms with Crippen molar-refractivity contribution in [2.24, 2.45) is 5.92 Å². The van der Waals surface area contributed by atoms with Gasteiger partial charge in [0.1, 0.15) is 0 Å². The van der Waals surface area contributed by atoms with Crippen molar-refractivity contribution in [3.8, 4) is 0 Å². The minimum atomic E-state index is -0.315. The van der Waals surface area contributed by atoms with Crippen LogP contribution in [0.1, 0.15) is 37.0 Å². The third kappa shape index (κ3) is 8.32. The molecule has 3 rings (SSSR count). The molecule has 0 spiro atoms. The van der Waals surface area contributed by atoms with Crippen LogP contribution >= 0.6 is 0 Å². The highest BCUT2D eigenvalue weighted by Gasteiger charge is 2.28. The van der Waals surface area contributed by atoms with Crippen molar-refractivity contribution in [3.63, 3.8) is 0 Å². The SMILES string of the molecule is CC(=O)OC[C@H](C)CC(=O)C(Cc1ccccc1)N(Cc1ccccc1)Cc1ccccc1. The smallest absolute Gasteiger partial charge is 0.302 e. The Labute approximate surface area is 197 Å². The molecular weight excluding hydrogens is 410 g/mol. The van der Waals surface area contributed by atoms with Crippen LogP contribution in [-0.2, 0) is 33.8 Å². The number of Topliss-reactive ketones (excluding diaryl/α,β-unsaturated/α-hetero) is 1. The van der Waals surface area contributed by atoms with E-state index in [-0.39, 0.29) is 30.3 Å². The van der Waals surface area contributed by atoms with Gasteiger partial charge in [-0.2, -0.15) is 0 Å². The molecule has 3 aromatic rings. The van der Waals surface area contributed by atoms with Gasteiger partial charge >= 0.3 is 5.97 Å². The first-order valence-corrected chi connectivity index (χ1v) is 11.5. The number of esters is 1. The van der Waals surface area contributed by atoms with Crippen LogP contribution in [0, 0.1) is 5.92 Å². The summed E-state index contributed by atoms with van der Waals surface area (Å²) in [5.74, 6) is -0.176. The van der Waals surface area contributed by atoms with Gasteiger partial charge in [0.15, 0.2) is 5.78 Å². The van der Waals surface area contributed by atoms with E-state index in [0.717, 1.165) is 5.56 Å². The van der Waals surface area contributed by atoms with Crippen molar-refractivity contribution in [2.75, 3.05) is 6.61 Å². The third-order valence-corrected chi connectivity index (χ3v) is 5.66. The quantitative estimate of drug-likeness (QED) is 0.349. The topological polar surface area (TPSA) is 46.6 Å². The molecule has 33 heavy (non-hydrogen) atoms. The molecule has 4 nitrogen and oxygen atoms in total. The molecule has 0 aliphatic rings. The molecule has 2 atom stereocenters. The zero-order chi connectivity index (χ0) is 23.5. The van der Waals surface area contributed by atoms with Crippen LogP contribution in [0.3, 0.4) is 0 Å². The molecule has 0 fully saturated rings. The Bertz CT molecular complexity index is 948. The molecule has 172 valence electrons. The third-order valence-electron chi connectivity index (χ3n) is 5.66. The summed E-state index contributed by atoms with van der Waals surface area (Å²) in [7, 11) is 0. The molecule has 0 aliphatic heterocycles. The number of ether oxygens (including phenoxy) is 1. The van der Waals surface area contributed by atoms with Gasteiger partial charge in [-0.05, 0) is 29.0 Å². The average molecular weight is 444 g/mol. The second-order valence-electron chi connectivity index (χ2n) is 8.66. The Hall–Kier alpha value is -3.24. The van der Waals surface area contributed by atoms with Gasteiger partial charge in [-0.3, -0.25) is 14.5 Å². The summed E-state index contributed by atoms with van der Waals surface area (Å²) in [6, 6.07) is 30.4. The lowest BCUT2D eigenvalue weighted by Crippen LogP contribution is -2.42. The maximum atomic E-state index is 13.6. The van der Waals surface area contributed by atoms with E-state index in [1.54, 1.807) is 0 Å². The molecule has 3 aromatic carbocycles. The fourth-order valence-electron chi connectivity index (χ4n) is 3.99. The highest BCUT2D eigenvalue weighted by molar-refractivity contribution is 5.84. The summed E-state index contributed by atoms with van der Waals surface area (Å²) in [5, 5.41) is 0. The van der Waals surface area contributed by atoms with E-state index in [4.69, 9.17) is 4.74 Å². The highest BCUT2D eigenvalue weighted by Crippen LogP contribution is 2.20. The van der Waals surface area contributed by atoms with Gasteiger partial charge in [-0.1, -0.05) is 97.9 Å². The van der Waals surface area contributed by atoms with E-state index in [1.807, 2.05) is 61.5 Å². The number of nitrogens with zero attached hydrogens (tertiary/aromatic N) is 1. The number of ketones is 1. The Morgan fingerprint density at radius 3 is 1.67 bits per heavy atom. The van der Waals surface area contributed by atoms with Gasteiger partial charge in [-0.15, -0.1) is 0 Å². The van der Waals surface area contributed by atoms with Crippen LogP contribution < -0.4 is 0 Å². The van der Waals surface area contributed by atoms with Gasteiger partial charge in [0.05, 0.1) is 12.6 Å². The zero-order valence-corrected chi connectivity index (χ0v) is 19.5. The Balaban J connectivity index is 1.87. The molecule has 0 heterocycles. The van der Waals surface area contributed by atoms with E-state index >= 15 is 0 Å². The molecule has 0 saturated heterocycles. The van der Waals surface area contributed by atoms with Crippen molar-refractivity contribution in [1.29, 1.82) is 0 Å². The summed E-state index contributed by atoms with van der Waals surface area (Å²) in [4.78, 5) is 27.1. The second kappa shape index (κ2) is 12.7. The minimum Gasteiger partial charge on any atom is -0.466 e. The fourth-order valence-corrected chi connectivity index (χ4v) is 3.99. The number of carbonyl (C=O) groups is 2. The van der Waals surface area contributed by atoms with E-state index in [0.29, 0.717) is 25.9 Å². The minimum absolute atomic E-state index is 0.0324. The largest absolute Gasteiger partial charge is 0.466 e. The summed E-state index contributed by atoms with van der Waals surface area (Å²) in [6.45, 7) is 4.97. The van der Waals surface area contributed by atoms with Crippen molar-refractivity contribution >= 4 is 11.8 Å². The van der Waals surface area contributed by atoms with E-state index in [9.17, 15) is 9.59 Å². The van der Waals surface area contributed by atoms with Crippen molar-refractivity contribution in [2.45, 2.75) is 45.8 Å². The molecule has 0 N–H and O–H groups in total.